The zero-order valence-corrected chi connectivity index (χ0v) is 13.1. The first-order valence-corrected chi connectivity index (χ1v) is 8.81. The van der Waals surface area contributed by atoms with Crippen LogP contribution in [0.15, 0.2) is 23.1 Å². The summed E-state index contributed by atoms with van der Waals surface area (Å²) >= 11 is 0. The second kappa shape index (κ2) is 6.14. The van der Waals surface area contributed by atoms with Gasteiger partial charge in [-0.1, -0.05) is 26.3 Å². The molecule has 112 valence electrons. The third-order valence-electron chi connectivity index (χ3n) is 4.04. The van der Waals surface area contributed by atoms with E-state index in [1.54, 1.807) is 16.4 Å². The molecular weight excluding hydrogens is 272 g/mol. The van der Waals surface area contributed by atoms with Crippen LogP contribution in [0, 0.1) is 5.92 Å². The molecule has 0 bridgehead atoms. The molecule has 1 aliphatic heterocycles. The van der Waals surface area contributed by atoms with Crippen LogP contribution in [-0.2, 0) is 16.4 Å². The molecule has 1 heterocycles. The number of benzene rings is 1. The van der Waals surface area contributed by atoms with Crippen LogP contribution < -0.4 is 5.73 Å². The van der Waals surface area contributed by atoms with Crippen molar-refractivity contribution < 1.29 is 8.42 Å². The van der Waals surface area contributed by atoms with Crippen LogP contribution in [0.4, 0.5) is 5.69 Å². The van der Waals surface area contributed by atoms with Crippen molar-refractivity contribution in [3.8, 4) is 0 Å². The Balaban J connectivity index is 2.29. The van der Waals surface area contributed by atoms with Gasteiger partial charge in [0.2, 0.25) is 10.0 Å². The molecule has 2 N–H and O–H groups in total. The van der Waals surface area contributed by atoms with Gasteiger partial charge in [-0.05, 0) is 42.9 Å². The summed E-state index contributed by atoms with van der Waals surface area (Å²) in [7, 11) is -3.40. The first-order chi connectivity index (χ1) is 9.48. The maximum Gasteiger partial charge on any atom is 0.243 e. The molecule has 5 heteroatoms. The van der Waals surface area contributed by atoms with Gasteiger partial charge in [-0.2, -0.15) is 4.31 Å². The Morgan fingerprint density at radius 2 is 2.10 bits per heavy atom. The molecule has 0 aromatic heterocycles. The van der Waals surface area contributed by atoms with Crippen LogP contribution in [0.5, 0.6) is 0 Å². The predicted octanol–water partition coefficient (Wildman–Crippen LogP) is 2.64. The molecule has 0 saturated carbocycles. The maximum atomic E-state index is 12.8. The minimum Gasteiger partial charge on any atom is -0.399 e. The number of hydrogen-bond donors (Lipinski definition) is 1. The lowest BCUT2D eigenvalue weighted by molar-refractivity contribution is 0.444. The van der Waals surface area contributed by atoms with Crippen molar-refractivity contribution in [2.45, 2.75) is 44.4 Å². The number of nitrogens with two attached hydrogens (primary N) is 1. The number of nitrogens with zero attached hydrogens (tertiary/aromatic N) is 1. The quantitative estimate of drug-likeness (QED) is 0.850. The van der Waals surface area contributed by atoms with E-state index < -0.39 is 10.0 Å². The van der Waals surface area contributed by atoms with Crippen LogP contribution >= 0.6 is 0 Å². The number of sulfonamides is 1. The molecule has 0 radical (unpaired) electrons. The van der Waals surface area contributed by atoms with E-state index in [9.17, 15) is 8.42 Å². The van der Waals surface area contributed by atoms with Crippen LogP contribution in [-0.4, -0.2) is 25.8 Å². The highest BCUT2D eigenvalue weighted by molar-refractivity contribution is 7.89. The Hall–Kier alpha value is -1.07. The van der Waals surface area contributed by atoms with E-state index in [0.717, 1.165) is 24.8 Å². The first-order valence-electron chi connectivity index (χ1n) is 7.37. The molecule has 0 amide bonds. The highest BCUT2D eigenvalue weighted by Gasteiger charge is 2.33. The Labute approximate surface area is 122 Å². The standard InChI is InChI=1S/C15H24N2O2S/c1-3-5-12-8-9-17(11-12)20(18,19)15-10-14(16)7-6-13(15)4-2/h6-7,10,12H,3-5,8-9,11,16H2,1-2H3. The first kappa shape index (κ1) is 15.3. The smallest absolute Gasteiger partial charge is 0.243 e. The minimum absolute atomic E-state index is 0.386. The van der Waals surface area contributed by atoms with E-state index in [-0.39, 0.29) is 0 Å². The number of rotatable bonds is 5. The van der Waals surface area contributed by atoms with E-state index in [2.05, 4.69) is 6.92 Å². The highest BCUT2D eigenvalue weighted by atomic mass is 32.2. The van der Waals surface area contributed by atoms with Crippen molar-refractivity contribution in [1.82, 2.24) is 4.31 Å². The second-order valence-corrected chi connectivity index (χ2v) is 7.43. The van der Waals surface area contributed by atoms with Crippen molar-refractivity contribution >= 4 is 15.7 Å². The topological polar surface area (TPSA) is 63.4 Å². The summed E-state index contributed by atoms with van der Waals surface area (Å²) in [5.74, 6) is 0.501. The van der Waals surface area contributed by atoms with Gasteiger partial charge >= 0.3 is 0 Å². The zero-order valence-electron chi connectivity index (χ0n) is 12.3. The normalized spacial score (nSPS) is 20.4. The SMILES string of the molecule is CCCC1CCN(S(=O)(=O)c2cc(N)ccc2CC)C1. The Bertz CT molecular complexity index is 569. The molecule has 2 rings (SSSR count). The fraction of sp³-hybridized carbons (Fsp3) is 0.600. The third kappa shape index (κ3) is 2.99. The van der Waals surface area contributed by atoms with Gasteiger partial charge in [0.15, 0.2) is 0 Å². The summed E-state index contributed by atoms with van der Waals surface area (Å²) in [6, 6.07) is 5.19. The van der Waals surface area contributed by atoms with E-state index >= 15 is 0 Å². The van der Waals surface area contributed by atoms with Crippen LogP contribution in [0.2, 0.25) is 0 Å². The Morgan fingerprint density at radius 3 is 2.75 bits per heavy atom. The molecule has 1 unspecified atom stereocenters. The predicted molar refractivity (Wildman–Crippen MR) is 82.0 cm³/mol. The summed E-state index contributed by atoms with van der Waals surface area (Å²) in [6.07, 6.45) is 3.87. The fourth-order valence-electron chi connectivity index (χ4n) is 2.90. The number of aryl methyl sites for hydroxylation is 1. The lowest BCUT2D eigenvalue weighted by Gasteiger charge is -2.19. The summed E-state index contributed by atoms with van der Waals surface area (Å²) in [6.45, 7) is 5.39. The highest BCUT2D eigenvalue weighted by Crippen LogP contribution is 2.29. The van der Waals surface area contributed by atoms with Crippen molar-refractivity contribution in [3.05, 3.63) is 23.8 Å². The number of hydrogen-bond acceptors (Lipinski definition) is 3. The third-order valence-corrected chi connectivity index (χ3v) is 5.98. The van der Waals surface area contributed by atoms with Gasteiger partial charge in [0.25, 0.3) is 0 Å². The van der Waals surface area contributed by atoms with Crippen molar-refractivity contribution in [2.24, 2.45) is 5.92 Å². The van der Waals surface area contributed by atoms with Gasteiger partial charge in [-0.25, -0.2) is 8.42 Å². The summed E-state index contributed by atoms with van der Waals surface area (Å²) in [5.41, 5.74) is 7.12. The second-order valence-electron chi connectivity index (χ2n) is 5.53. The molecule has 4 nitrogen and oxygen atoms in total. The molecule has 1 fully saturated rings. The Kier molecular flexibility index (Phi) is 4.70. The van der Waals surface area contributed by atoms with E-state index in [1.165, 1.54) is 0 Å². The van der Waals surface area contributed by atoms with E-state index in [0.29, 0.717) is 36.0 Å². The van der Waals surface area contributed by atoms with Gasteiger partial charge < -0.3 is 5.73 Å². The van der Waals surface area contributed by atoms with E-state index in [4.69, 9.17) is 5.73 Å². The maximum absolute atomic E-state index is 12.8. The average molecular weight is 296 g/mol. The molecule has 1 aromatic rings. The van der Waals surface area contributed by atoms with Crippen LogP contribution in [0.3, 0.4) is 0 Å². The minimum atomic E-state index is -3.40. The van der Waals surface area contributed by atoms with Crippen molar-refractivity contribution in [2.75, 3.05) is 18.8 Å². The summed E-state index contributed by atoms with van der Waals surface area (Å²) < 4.78 is 27.2. The van der Waals surface area contributed by atoms with Crippen LogP contribution in [0.25, 0.3) is 0 Å². The van der Waals surface area contributed by atoms with Gasteiger partial charge in [0.05, 0.1) is 4.90 Å². The monoisotopic (exact) mass is 296 g/mol. The average Bonchev–Trinajstić information content (AvgIpc) is 2.88. The van der Waals surface area contributed by atoms with Gasteiger partial charge in [0.1, 0.15) is 0 Å². The summed E-state index contributed by atoms with van der Waals surface area (Å²) in [4.78, 5) is 0.386. The molecule has 20 heavy (non-hydrogen) atoms. The van der Waals surface area contributed by atoms with Crippen molar-refractivity contribution in [3.63, 3.8) is 0 Å². The number of nitrogen functional groups attached to an aromatic ring is 1. The molecular formula is C15H24N2O2S. The fourth-order valence-corrected chi connectivity index (χ4v) is 4.76. The molecule has 0 spiro atoms. The molecule has 1 aliphatic rings. The molecule has 1 aromatic carbocycles. The van der Waals surface area contributed by atoms with Crippen LogP contribution in [0.1, 0.15) is 38.7 Å². The summed E-state index contributed by atoms with van der Waals surface area (Å²) in [5, 5.41) is 0. The number of anilines is 1. The van der Waals surface area contributed by atoms with Gasteiger partial charge in [-0.3, -0.25) is 0 Å². The van der Waals surface area contributed by atoms with Gasteiger partial charge in [0, 0.05) is 18.8 Å². The van der Waals surface area contributed by atoms with Gasteiger partial charge in [-0.15, -0.1) is 0 Å². The van der Waals surface area contributed by atoms with Crippen molar-refractivity contribution in [1.29, 1.82) is 0 Å². The zero-order chi connectivity index (χ0) is 14.8. The molecule has 1 atom stereocenters. The lowest BCUT2D eigenvalue weighted by Crippen LogP contribution is -2.29. The largest absolute Gasteiger partial charge is 0.399 e. The van der Waals surface area contributed by atoms with E-state index in [1.807, 2.05) is 13.0 Å². The Morgan fingerprint density at radius 1 is 1.35 bits per heavy atom. The lowest BCUT2D eigenvalue weighted by atomic mass is 10.0. The molecule has 0 aliphatic carbocycles. The molecule has 1 saturated heterocycles.